The molecule has 90 valence electrons. The number of hydrogen-bond acceptors (Lipinski definition) is 2. The summed E-state index contributed by atoms with van der Waals surface area (Å²) < 4.78 is 53.0. The molecule has 0 fully saturated rings. The van der Waals surface area contributed by atoms with Crippen molar-refractivity contribution in [3.05, 3.63) is 29.6 Å². The van der Waals surface area contributed by atoms with Crippen LogP contribution in [0.15, 0.2) is 18.2 Å². The monoisotopic (exact) mass is 237 g/mol. The quantitative estimate of drug-likeness (QED) is 0.820. The summed E-state index contributed by atoms with van der Waals surface area (Å²) in [4.78, 5) is 0. The average Bonchev–Trinajstić information content (AvgIpc) is 2.14. The van der Waals surface area contributed by atoms with Crippen LogP contribution in [0.1, 0.15) is 18.5 Å². The van der Waals surface area contributed by atoms with Crippen molar-refractivity contribution in [1.29, 1.82) is 0 Å². The highest BCUT2D eigenvalue weighted by molar-refractivity contribution is 5.31. The topological polar surface area (TPSA) is 35.2 Å². The maximum Gasteiger partial charge on any atom is 0.422 e. The first-order valence-corrected chi connectivity index (χ1v) is 4.54. The molecule has 6 heteroatoms. The molecule has 1 unspecified atom stereocenters. The van der Waals surface area contributed by atoms with E-state index in [1.54, 1.807) is 6.92 Å². The van der Waals surface area contributed by atoms with E-state index in [2.05, 4.69) is 4.74 Å². The number of hydrogen-bond donors (Lipinski definition) is 1. The highest BCUT2D eigenvalue weighted by atomic mass is 19.4. The second-order valence-corrected chi connectivity index (χ2v) is 3.38. The molecule has 1 rings (SSSR count). The Balaban J connectivity index is 2.82. The first-order chi connectivity index (χ1) is 7.29. The predicted molar refractivity (Wildman–Crippen MR) is 50.6 cm³/mol. The maximum atomic E-state index is 13.1. The van der Waals surface area contributed by atoms with Gasteiger partial charge in [0.25, 0.3) is 0 Å². The van der Waals surface area contributed by atoms with E-state index in [0.29, 0.717) is 5.56 Å². The molecule has 0 bridgehead atoms. The van der Waals surface area contributed by atoms with Gasteiger partial charge in [0, 0.05) is 6.04 Å². The van der Waals surface area contributed by atoms with E-state index in [1.165, 1.54) is 12.1 Å². The minimum absolute atomic E-state index is 0.395. The fraction of sp³-hybridized carbons (Fsp3) is 0.400. The molecule has 16 heavy (non-hydrogen) atoms. The Bertz CT molecular complexity index is 362. The third kappa shape index (κ3) is 3.69. The summed E-state index contributed by atoms with van der Waals surface area (Å²) in [5.74, 6) is -1.28. The average molecular weight is 237 g/mol. The first kappa shape index (κ1) is 12.8. The van der Waals surface area contributed by atoms with Gasteiger partial charge in [-0.3, -0.25) is 0 Å². The van der Waals surface area contributed by atoms with Gasteiger partial charge >= 0.3 is 6.18 Å². The van der Waals surface area contributed by atoms with E-state index in [9.17, 15) is 17.6 Å². The van der Waals surface area contributed by atoms with Gasteiger partial charge in [-0.05, 0) is 24.6 Å². The van der Waals surface area contributed by atoms with Gasteiger partial charge in [-0.15, -0.1) is 0 Å². The zero-order chi connectivity index (χ0) is 12.3. The summed E-state index contributed by atoms with van der Waals surface area (Å²) in [6, 6.07) is 3.21. The highest BCUT2D eigenvalue weighted by Crippen LogP contribution is 2.24. The van der Waals surface area contributed by atoms with Crippen LogP contribution in [-0.2, 0) is 0 Å². The van der Waals surface area contributed by atoms with Crippen molar-refractivity contribution in [1.82, 2.24) is 0 Å². The summed E-state index contributed by atoms with van der Waals surface area (Å²) in [7, 11) is 0. The molecular formula is C10H11F4NO. The van der Waals surface area contributed by atoms with E-state index in [0.717, 1.165) is 6.07 Å². The third-order valence-corrected chi connectivity index (χ3v) is 1.87. The Morgan fingerprint density at radius 2 is 2.00 bits per heavy atom. The molecule has 0 spiro atoms. The molecule has 0 saturated heterocycles. The second kappa shape index (κ2) is 4.69. The molecule has 1 atom stereocenters. The van der Waals surface area contributed by atoms with Gasteiger partial charge in [0.15, 0.2) is 18.2 Å². The van der Waals surface area contributed by atoms with Gasteiger partial charge in [-0.1, -0.05) is 6.07 Å². The van der Waals surface area contributed by atoms with Crippen LogP contribution in [0.25, 0.3) is 0 Å². The van der Waals surface area contributed by atoms with Crippen LogP contribution >= 0.6 is 0 Å². The first-order valence-electron chi connectivity index (χ1n) is 4.54. The summed E-state index contributed by atoms with van der Waals surface area (Å²) >= 11 is 0. The molecular weight excluding hydrogens is 226 g/mol. The Hall–Kier alpha value is -1.30. The molecule has 0 heterocycles. The van der Waals surface area contributed by atoms with E-state index in [1.807, 2.05) is 0 Å². The number of benzene rings is 1. The van der Waals surface area contributed by atoms with E-state index in [-0.39, 0.29) is 0 Å². The molecule has 0 aliphatic heterocycles. The van der Waals surface area contributed by atoms with Crippen LogP contribution in [0.5, 0.6) is 5.75 Å². The van der Waals surface area contributed by atoms with Gasteiger partial charge in [-0.25, -0.2) is 4.39 Å². The molecule has 1 aromatic carbocycles. The van der Waals surface area contributed by atoms with Gasteiger partial charge in [-0.2, -0.15) is 13.2 Å². The van der Waals surface area contributed by atoms with Crippen LogP contribution < -0.4 is 10.5 Å². The Morgan fingerprint density at radius 1 is 1.38 bits per heavy atom. The van der Waals surface area contributed by atoms with Crippen molar-refractivity contribution in [2.75, 3.05) is 6.61 Å². The van der Waals surface area contributed by atoms with Gasteiger partial charge in [0.05, 0.1) is 0 Å². The van der Waals surface area contributed by atoms with Gasteiger partial charge < -0.3 is 10.5 Å². The lowest BCUT2D eigenvalue weighted by molar-refractivity contribution is -0.153. The number of halogens is 4. The van der Waals surface area contributed by atoms with Crippen LogP contribution in [0.4, 0.5) is 17.6 Å². The fourth-order valence-electron chi connectivity index (χ4n) is 1.07. The fourth-order valence-corrected chi connectivity index (χ4v) is 1.07. The molecule has 1 aromatic rings. The second-order valence-electron chi connectivity index (χ2n) is 3.38. The predicted octanol–water partition coefficient (Wildman–Crippen LogP) is 2.79. The Labute approximate surface area is 90.0 Å². The zero-order valence-corrected chi connectivity index (χ0v) is 8.51. The van der Waals surface area contributed by atoms with E-state index >= 15 is 0 Å². The number of alkyl halides is 3. The molecule has 0 aliphatic rings. The number of nitrogens with two attached hydrogens (primary N) is 1. The standard InChI is InChI=1S/C10H11F4NO/c1-6(15)7-2-3-8(11)9(4-7)16-5-10(12,13)14/h2-4,6H,5,15H2,1H3. The van der Waals surface area contributed by atoms with Crippen LogP contribution in [-0.4, -0.2) is 12.8 Å². The summed E-state index contributed by atoms with van der Waals surface area (Å²) in [5, 5.41) is 0. The third-order valence-electron chi connectivity index (χ3n) is 1.87. The molecule has 0 aromatic heterocycles. The van der Waals surface area contributed by atoms with Crippen molar-refractivity contribution in [3.8, 4) is 5.75 Å². The van der Waals surface area contributed by atoms with E-state index < -0.39 is 30.4 Å². The van der Waals surface area contributed by atoms with Crippen LogP contribution in [0.2, 0.25) is 0 Å². The SMILES string of the molecule is CC(N)c1ccc(F)c(OCC(F)(F)F)c1. The lowest BCUT2D eigenvalue weighted by atomic mass is 10.1. The molecule has 0 saturated carbocycles. The molecule has 2 nitrogen and oxygen atoms in total. The van der Waals surface area contributed by atoms with Crippen molar-refractivity contribution in [2.45, 2.75) is 19.1 Å². The highest BCUT2D eigenvalue weighted by Gasteiger charge is 2.29. The zero-order valence-electron chi connectivity index (χ0n) is 8.51. The Kier molecular flexibility index (Phi) is 3.74. The minimum Gasteiger partial charge on any atom is -0.481 e. The number of rotatable bonds is 3. The van der Waals surface area contributed by atoms with Crippen LogP contribution in [0.3, 0.4) is 0 Å². The van der Waals surface area contributed by atoms with Crippen molar-refractivity contribution in [3.63, 3.8) is 0 Å². The van der Waals surface area contributed by atoms with Gasteiger partial charge in [0.2, 0.25) is 0 Å². The lowest BCUT2D eigenvalue weighted by Gasteiger charge is -2.12. The van der Waals surface area contributed by atoms with Crippen molar-refractivity contribution >= 4 is 0 Å². The Morgan fingerprint density at radius 3 is 2.50 bits per heavy atom. The molecule has 0 aliphatic carbocycles. The summed E-state index contributed by atoms with van der Waals surface area (Å²) in [5.41, 5.74) is 6.03. The van der Waals surface area contributed by atoms with Gasteiger partial charge in [0.1, 0.15) is 0 Å². The maximum absolute atomic E-state index is 13.1. The summed E-state index contributed by atoms with van der Waals surface area (Å²) in [6.07, 6.45) is -4.49. The number of ether oxygens (including phenoxy) is 1. The largest absolute Gasteiger partial charge is 0.481 e. The van der Waals surface area contributed by atoms with Crippen molar-refractivity contribution < 1.29 is 22.3 Å². The smallest absolute Gasteiger partial charge is 0.422 e. The molecule has 0 radical (unpaired) electrons. The molecule has 2 N–H and O–H groups in total. The molecule has 0 amide bonds. The van der Waals surface area contributed by atoms with Crippen molar-refractivity contribution in [2.24, 2.45) is 5.73 Å². The van der Waals surface area contributed by atoms with Crippen LogP contribution in [0, 0.1) is 5.82 Å². The summed E-state index contributed by atoms with van der Waals surface area (Å²) in [6.45, 7) is 0.118. The minimum atomic E-state index is -4.49. The lowest BCUT2D eigenvalue weighted by Crippen LogP contribution is -2.19. The normalized spacial score (nSPS) is 13.6. The van der Waals surface area contributed by atoms with E-state index in [4.69, 9.17) is 5.73 Å².